The third kappa shape index (κ3) is 9.48. The molecule has 0 aromatic heterocycles. The van der Waals surface area contributed by atoms with E-state index >= 15 is 0 Å². The molecular formula is C14H23NO6. The predicted molar refractivity (Wildman–Crippen MR) is 75.3 cm³/mol. The number of carbonyl (C=O) groups is 3. The summed E-state index contributed by atoms with van der Waals surface area (Å²) in [6.07, 6.45) is -2.62. The molecule has 21 heavy (non-hydrogen) atoms. The minimum atomic E-state index is -3.17. The molecule has 1 amide bonds. The second kappa shape index (κ2) is 8.99. The number of rotatable bonds is 6. The van der Waals surface area contributed by atoms with E-state index in [1.54, 1.807) is 0 Å². The minimum Gasteiger partial charge on any atom is -0.465 e. The monoisotopic (exact) mass is 305 g/mol. The number of esters is 2. The lowest BCUT2D eigenvalue weighted by atomic mass is 10.2. The summed E-state index contributed by atoms with van der Waals surface area (Å²) in [6, 6.07) is -1.11. The van der Waals surface area contributed by atoms with Gasteiger partial charge in [0.1, 0.15) is 12.1 Å². The third-order valence-electron chi connectivity index (χ3n) is 1.60. The summed E-state index contributed by atoms with van der Waals surface area (Å²) in [6.45, 7) is 3.93. The zero-order valence-electron chi connectivity index (χ0n) is 16.8. The molecule has 0 aliphatic carbocycles. The summed E-state index contributed by atoms with van der Waals surface area (Å²) in [5.74, 6) is -2.72. The van der Waals surface area contributed by atoms with Crippen molar-refractivity contribution < 1.29 is 34.1 Å². The van der Waals surface area contributed by atoms with Gasteiger partial charge in [-0.3, -0.25) is 9.69 Å². The van der Waals surface area contributed by atoms with Crippen LogP contribution in [0.3, 0.4) is 0 Å². The number of hydrogen-bond donors (Lipinski definition) is 0. The number of nitrogens with zero attached hydrogens (tertiary/aromatic N) is 1. The molecule has 0 aliphatic heterocycles. The second-order valence-electron chi connectivity index (χ2n) is 4.61. The van der Waals surface area contributed by atoms with Crippen LogP contribution in [0.5, 0.6) is 0 Å². The number of hydrogen-bond acceptors (Lipinski definition) is 6. The fraction of sp³-hybridized carbons (Fsp3) is 0.643. The number of ether oxygens (including phenoxy) is 3. The molecule has 0 rings (SSSR count). The maximum atomic E-state index is 12.3. The van der Waals surface area contributed by atoms with Crippen molar-refractivity contribution in [2.45, 2.75) is 40.2 Å². The Labute approximate surface area is 130 Å². The fourth-order valence-corrected chi connectivity index (χ4v) is 0.950. The van der Waals surface area contributed by atoms with E-state index in [1.807, 2.05) is 0 Å². The Kier molecular flexibility index (Phi) is 5.43. The predicted octanol–water partition coefficient (Wildman–Crippen LogP) is 1.86. The maximum Gasteiger partial charge on any atom is 0.414 e. The summed E-state index contributed by atoms with van der Waals surface area (Å²) >= 11 is 0. The first kappa shape index (κ1) is 12.7. The van der Waals surface area contributed by atoms with Crippen molar-refractivity contribution in [3.05, 3.63) is 12.2 Å². The second-order valence-corrected chi connectivity index (χ2v) is 4.61. The largest absolute Gasteiger partial charge is 0.465 e. The van der Waals surface area contributed by atoms with Gasteiger partial charge in [0.25, 0.3) is 0 Å². The van der Waals surface area contributed by atoms with Gasteiger partial charge in [-0.15, -0.1) is 0 Å². The van der Waals surface area contributed by atoms with Crippen LogP contribution in [-0.2, 0) is 23.8 Å². The zero-order chi connectivity index (χ0) is 20.0. The maximum absolute atomic E-state index is 12.3. The molecule has 0 heterocycles. The Morgan fingerprint density at radius 3 is 2.24 bits per heavy atom. The molecule has 0 N–H and O–H groups in total. The van der Waals surface area contributed by atoms with Crippen LogP contribution < -0.4 is 0 Å². The highest BCUT2D eigenvalue weighted by Gasteiger charge is 2.23. The minimum absolute atomic E-state index is 0.0461. The molecule has 0 saturated carbocycles. The van der Waals surface area contributed by atoms with Crippen LogP contribution in [0.1, 0.15) is 40.1 Å². The van der Waals surface area contributed by atoms with Gasteiger partial charge in [0.05, 0.1) is 18.7 Å². The highest BCUT2D eigenvalue weighted by molar-refractivity contribution is 5.84. The molecule has 0 saturated heterocycles. The molecule has 0 atom stereocenters. The van der Waals surface area contributed by atoms with Crippen LogP contribution in [0.2, 0.25) is 0 Å². The van der Waals surface area contributed by atoms with Gasteiger partial charge in [0.2, 0.25) is 0 Å². The summed E-state index contributed by atoms with van der Waals surface area (Å²) in [7, 11) is 0. The zero-order valence-corrected chi connectivity index (χ0v) is 12.8. The Balaban J connectivity index is 6.08. The van der Waals surface area contributed by atoms with Crippen LogP contribution in [0.15, 0.2) is 12.2 Å². The average molecular weight is 305 g/mol. The molecule has 7 heteroatoms. The van der Waals surface area contributed by atoms with Gasteiger partial charge >= 0.3 is 18.0 Å². The molecule has 0 aromatic carbocycles. The van der Waals surface area contributed by atoms with Crippen molar-refractivity contribution in [2.75, 3.05) is 19.7 Å². The van der Waals surface area contributed by atoms with E-state index in [0.29, 0.717) is 0 Å². The smallest absolute Gasteiger partial charge is 0.414 e. The van der Waals surface area contributed by atoms with Crippen LogP contribution in [0, 0.1) is 0 Å². The van der Waals surface area contributed by atoms with E-state index in [-0.39, 0.29) is 18.1 Å². The van der Waals surface area contributed by atoms with Crippen LogP contribution in [0.4, 0.5) is 4.79 Å². The standard InChI is InChI=1S/C14H23NO6/c1-6-19-11(16)8-9-15(10-12(17)20-7-2)13(18)21-14(3,4)5/h8-9H,6-7,10H2,1-5H3/i8D,9D,10D2. The van der Waals surface area contributed by atoms with Gasteiger partial charge in [-0.2, -0.15) is 0 Å². The van der Waals surface area contributed by atoms with Gasteiger partial charge < -0.3 is 14.2 Å². The van der Waals surface area contributed by atoms with Crippen molar-refractivity contribution >= 4 is 18.0 Å². The average Bonchev–Trinajstić information content (AvgIpc) is 2.44. The summed E-state index contributed by atoms with van der Waals surface area (Å²) in [5.41, 5.74) is -1.08. The van der Waals surface area contributed by atoms with E-state index in [4.69, 9.17) is 10.2 Å². The first-order valence-electron chi connectivity index (χ1n) is 8.34. The van der Waals surface area contributed by atoms with E-state index in [0.717, 1.165) is 0 Å². The van der Waals surface area contributed by atoms with Crippen LogP contribution in [-0.4, -0.2) is 48.2 Å². The fourth-order valence-electron chi connectivity index (χ4n) is 0.950. The van der Waals surface area contributed by atoms with E-state index in [9.17, 15) is 14.4 Å². The molecule has 0 fully saturated rings. The van der Waals surface area contributed by atoms with Crippen molar-refractivity contribution in [3.63, 3.8) is 0 Å². The topological polar surface area (TPSA) is 82.1 Å². The molecular weight excluding hydrogens is 278 g/mol. The molecule has 7 nitrogen and oxygen atoms in total. The Morgan fingerprint density at radius 1 is 1.19 bits per heavy atom. The van der Waals surface area contributed by atoms with Crippen LogP contribution in [0.25, 0.3) is 0 Å². The summed E-state index contributed by atoms with van der Waals surface area (Å²) < 4.78 is 45.2. The van der Waals surface area contributed by atoms with Crippen LogP contribution >= 0.6 is 0 Å². The molecule has 0 bridgehead atoms. The lowest BCUT2D eigenvalue weighted by molar-refractivity contribution is -0.144. The Bertz CT molecular complexity index is 556. The molecule has 0 aromatic rings. The molecule has 0 unspecified atom stereocenters. The number of amides is 1. The molecule has 0 aliphatic rings. The highest BCUT2D eigenvalue weighted by atomic mass is 16.6. The number of carbonyl (C=O) groups excluding carboxylic acids is 3. The lowest BCUT2D eigenvalue weighted by Crippen LogP contribution is -2.37. The van der Waals surface area contributed by atoms with E-state index in [1.165, 1.54) is 34.6 Å². The quantitative estimate of drug-likeness (QED) is 0.423. The van der Waals surface area contributed by atoms with Gasteiger partial charge in [-0.1, -0.05) is 0 Å². The summed E-state index contributed by atoms with van der Waals surface area (Å²) in [4.78, 5) is 35.7. The van der Waals surface area contributed by atoms with Gasteiger partial charge in [0, 0.05) is 12.2 Å². The Morgan fingerprint density at radius 2 is 1.76 bits per heavy atom. The summed E-state index contributed by atoms with van der Waals surface area (Å²) in [5, 5.41) is 0. The molecule has 120 valence electrons. The van der Waals surface area contributed by atoms with Gasteiger partial charge in [-0.25, -0.2) is 9.59 Å². The molecule has 0 radical (unpaired) electrons. The van der Waals surface area contributed by atoms with Crippen molar-refractivity contribution in [2.24, 2.45) is 0 Å². The van der Waals surface area contributed by atoms with Crippen molar-refractivity contribution in [3.8, 4) is 0 Å². The SMILES string of the molecule is [2H]C(C(=O)OCC)=C([2H])N(C(=O)OC(C)(C)C)C([2H])([2H])C(=O)OCC. The van der Waals surface area contributed by atoms with Crippen molar-refractivity contribution in [1.82, 2.24) is 4.90 Å². The van der Waals surface area contributed by atoms with Crippen molar-refractivity contribution in [1.29, 1.82) is 0 Å². The van der Waals surface area contributed by atoms with Gasteiger partial charge in [-0.05, 0) is 34.6 Å². The third-order valence-corrected chi connectivity index (χ3v) is 1.60. The first-order chi connectivity index (χ1) is 11.3. The van der Waals surface area contributed by atoms with Gasteiger partial charge in [0.15, 0.2) is 0 Å². The van der Waals surface area contributed by atoms with E-state index < -0.39 is 42.4 Å². The highest BCUT2D eigenvalue weighted by Crippen LogP contribution is 2.10. The van der Waals surface area contributed by atoms with E-state index in [2.05, 4.69) is 9.47 Å². The normalized spacial score (nSPS) is 15.5. The first-order valence-corrected chi connectivity index (χ1v) is 6.34. The Hall–Kier alpha value is -2.05. The molecule has 0 spiro atoms. The lowest BCUT2D eigenvalue weighted by Gasteiger charge is -2.24.